The fraction of sp³-hybridized carbons (Fsp3) is 0.267. The Morgan fingerprint density at radius 3 is 3.19 bits per heavy atom. The van der Waals surface area contributed by atoms with Crippen LogP contribution in [-0.2, 0) is 4.79 Å². The zero-order valence-electron chi connectivity index (χ0n) is 11.8. The Morgan fingerprint density at radius 1 is 1.52 bits per heavy atom. The van der Waals surface area contributed by atoms with Crippen molar-refractivity contribution < 1.29 is 4.79 Å². The van der Waals surface area contributed by atoms with Crippen LogP contribution in [0, 0.1) is 0 Å². The molecule has 0 aliphatic heterocycles. The number of thioether (sulfide) groups is 1. The Labute approximate surface area is 128 Å². The Morgan fingerprint density at radius 2 is 2.38 bits per heavy atom. The molecule has 1 amide bonds. The van der Waals surface area contributed by atoms with E-state index in [0.29, 0.717) is 6.42 Å². The molecule has 1 aromatic carbocycles. The molecule has 0 fully saturated rings. The number of pyridine rings is 1. The Hall–Kier alpha value is -1.92. The molecule has 0 bridgehead atoms. The molecule has 0 radical (unpaired) electrons. The number of aromatic nitrogens is 1. The van der Waals surface area contributed by atoms with Gasteiger partial charge in [0.15, 0.2) is 0 Å². The van der Waals surface area contributed by atoms with E-state index in [1.807, 2.05) is 36.6 Å². The number of carbonyl (C=O) groups excluding carboxylic acids is 1. The quantitative estimate of drug-likeness (QED) is 0.629. The summed E-state index contributed by atoms with van der Waals surface area (Å²) in [6.45, 7) is 0. The first kappa shape index (κ1) is 15.5. The number of hydrazone groups is 1. The van der Waals surface area contributed by atoms with Crippen molar-refractivity contribution in [2.75, 3.05) is 12.0 Å². The van der Waals surface area contributed by atoms with Crippen molar-refractivity contribution in [2.24, 2.45) is 10.8 Å². The van der Waals surface area contributed by atoms with Crippen LogP contribution in [-0.4, -0.2) is 35.2 Å². The number of rotatable bonds is 6. The second kappa shape index (κ2) is 7.75. The van der Waals surface area contributed by atoms with Crippen LogP contribution in [0.15, 0.2) is 41.6 Å². The van der Waals surface area contributed by atoms with Crippen LogP contribution in [0.4, 0.5) is 0 Å². The number of fused-ring (bicyclic) bond motifs is 1. The third-order valence-electron chi connectivity index (χ3n) is 2.99. The number of nitrogens with one attached hydrogen (secondary N) is 1. The van der Waals surface area contributed by atoms with E-state index in [4.69, 9.17) is 5.73 Å². The van der Waals surface area contributed by atoms with Gasteiger partial charge in [-0.05, 0) is 42.2 Å². The van der Waals surface area contributed by atoms with Crippen LogP contribution in [0.2, 0.25) is 0 Å². The number of nitrogens with two attached hydrogens (primary N) is 1. The smallest absolute Gasteiger partial charge is 0.256 e. The molecule has 0 saturated carbocycles. The van der Waals surface area contributed by atoms with Crippen molar-refractivity contribution in [3.63, 3.8) is 0 Å². The predicted octanol–water partition coefficient (Wildman–Crippen LogP) is 1.77. The average molecular weight is 302 g/mol. The molecule has 3 N–H and O–H groups in total. The number of benzene rings is 1. The first-order chi connectivity index (χ1) is 10.2. The maximum Gasteiger partial charge on any atom is 0.256 e. The Kier molecular flexibility index (Phi) is 5.71. The third-order valence-corrected chi connectivity index (χ3v) is 3.63. The number of hydrogen-bond donors (Lipinski definition) is 2. The lowest BCUT2D eigenvalue weighted by Gasteiger charge is -2.08. The van der Waals surface area contributed by atoms with Crippen molar-refractivity contribution >= 4 is 34.8 Å². The molecular weight excluding hydrogens is 284 g/mol. The van der Waals surface area contributed by atoms with Crippen LogP contribution in [0.25, 0.3) is 10.9 Å². The van der Waals surface area contributed by atoms with Crippen molar-refractivity contribution in [2.45, 2.75) is 12.5 Å². The maximum atomic E-state index is 11.7. The van der Waals surface area contributed by atoms with Gasteiger partial charge in [-0.15, -0.1) is 0 Å². The molecule has 1 heterocycles. The second-order valence-corrected chi connectivity index (χ2v) is 5.56. The molecule has 1 atom stereocenters. The van der Waals surface area contributed by atoms with Crippen LogP contribution in [0.3, 0.4) is 0 Å². The normalized spacial score (nSPS) is 12.7. The summed E-state index contributed by atoms with van der Waals surface area (Å²) in [6.07, 6.45) is 5.99. The summed E-state index contributed by atoms with van der Waals surface area (Å²) in [7, 11) is 0. The van der Waals surface area contributed by atoms with E-state index in [0.717, 1.165) is 22.2 Å². The van der Waals surface area contributed by atoms with E-state index in [9.17, 15) is 4.79 Å². The van der Waals surface area contributed by atoms with Gasteiger partial charge in [0.05, 0.1) is 17.8 Å². The van der Waals surface area contributed by atoms with Crippen molar-refractivity contribution in [3.05, 3.63) is 42.1 Å². The molecule has 6 heteroatoms. The number of nitrogens with zero attached hydrogens (tertiary/aromatic N) is 2. The highest BCUT2D eigenvalue weighted by Crippen LogP contribution is 2.11. The van der Waals surface area contributed by atoms with Gasteiger partial charge >= 0.3 is 0 Å². The Bertz CT molecular complexity index is 644. The van der Waals surface area contributed by atoms with E-state index in [1.165, 1.54) is 0 Å². The van der Waals surface area contributed by atoms with Gasteiger partial charge in [0, 0.05) is 11.6 Å². The fourth-order valence-corrected chi connectivity index (χ4v) is 2.29. The SMILES string of the molecule is CSCC[C@H](N)C(=O)N/N=C\c1ccc2ncccc2c1. The molecule has 5 nitrogen and oxygen atoms in total. The predicted molar refractivity (Wildman–Crippen MR) is 88.5 cm³/mol. The lowest BCUT2D eigenvalue weighted by atomic mass is 10.1. The summed E-state index contributed by atoms with van der Waals surface area (Å²) in [5.41, 5.74) is 10.0. The summed E-state index contributed by atoms with van der Waals surface area (Å²) in [5.74, 6) is 0.596. The third kappa shape index (κ3) is 4.54. The number of carbonyl (C=O) groups is 1. The van der Waals surface area contributed by atoms with E-state index in [1.54, 1.807) is 24.2 Å². The van der Waals surface area contributed by atoms with Gasteiger partial charge < -0.3 is 5.73 Å². The lowest BCUT2D eigenvalue weighted by molar-refractivity contribution is -0.122. The van der Waals surface area contributed by atoms with E-state index >= 15 is 0 Å². The molecule has 0 spiro atoms. The molecule has 2 aromatic rings. The largest absolute Gasteiger partial charge is 0.320 e. The standard InChI is InChI=1S/C15H18N4OS/c1-21-8-6-13(16)15(20)19-18-10-11-4-5-14-12(9-11)3-2-7-17-14/h2-5,7,9-10,13H,6,8,16H2,1H3,(H,19,20)/b18-10-/t13-/m0/s1. The van der Waals surface area contributed by atoms with Gasteiger partial charge in [-0.2, -0.15) is 16.9 Å². The zero-order valence-corrected chi connectivity index (χ0v) is 12.6. The van der Waals surface area contributed by atoms with Gasteiger partial charge in [0.1, 0.15) is 0 Å². The Balaban J connectivity index is 1.95. The minimum absolute atomic E-state index is 0.261. The molecule has 21 heavy (non-hydrogen) atoms. The topological polar surface area (TPSA) is 80.4 Å². The zero-order chi connectivity index (χ0) is 15.1. The van der Waals surface area contributed by atoms with Crippen molar-refractivity contribution in [1.29, 1.82) is 0 Å². The highest BCUT2D eigenvalue weighted by Gasteiger charge is 2.11. The first-order valence-electron chi connectivity index (χ1n) is 6.63. The summed E-state index contributed by atoms with van der Waals surface area (Å²) in [5, 5.41) is 4.98. The monoisotopic (exact) mass is 302 g/mol. The van der Waals surface area contributed by atoms with E-state index in [-0.39, 0.29) is 5.91 Å². The van der Waals surface area contributed by atoms with E-state index in [2.05, 4.69) is 15.5 Å². The molecule has 0 aliphatic rings. The summed E-state index contributed by atoms with van der Waals surface area (Å²) < 4.78 is 0. The van der Waals surface area contributed by atoms with Crippen LogP contribution >= 0.6 is 11.8 Å². The van der Waals surface area contributed by atoms with Gasteiger partial charge in [-0.1, -0.05) is 12.1 Å². The van der Waals surface area contributed by atoms with Crippen molar-refractivity contribution in [1.82, 2.24) is 10.4 Å². The highest BCUT2D eigenvalue weighted by atomic mass is 32.2. The van der Waals surface area contributed by atoms with Crippen LogP contribution in [0.1, 0.15) is 12.0 Å². The fourth-order valence-electron chi connectivity index (χ4n) is 1.80. The lowest BCUT2D eigenvalue weighted by Crippen LogP contribution is -2.38. The molecule has 1 aromatic heterocycles. The molecular formula is C15H18N4OS. The molecule has 0 unspecified atom stereocenters. The summed E-state index contributed by atoms with van der Waals surface area (Å²) in [4.78, 5) is 15.9. The van der Waals surface area contributed by atoms with Gasteiger partial charge in [0.2, 0.25) is 0 Å². The molecule has 0 saturated heterocycles. The van der Waals surface area contributed by atoms with Crippen LogP contribution in [0.5, 0.6) is 0 Å². The highest BCUT2D eigenvalue weighted by molar-refractivity contribution is 7.98. The molecule has 0 aliphatic carbocycles. The van der Waals surface area contributed by atoms with Gasteiger partial charge in [-0.3, -0.25) is 9.78 Å². The van der Waals surface area contributed by atoms with E-state index < -0.39 is 6.04 Å². The molecule has 2 rings (SSSR count). The minimum Gasteiger partial charge on any atom is -0.320 e. The van der Waals surface area contributed by atoms with Gasteiger partial charge in [0.25, 0.3) is 5.91 Å². The average Bonchev–Trinajstić information content (AvgIpc) is 2.52. The summed E-state index contributed by atoms with van der Waals surface area (Å²) in [6, 6.07) is 9.13. The number of amides is 1. The molecule has 110 valence electrons. The van der Waals surface area contributed by atoms with Gasteiger partial charge in [-0.25, -0.2) is 5.43 Å². The van der Waals surface area contributed by atoms with Crippen molar-refractivity contribution in [3.8, 4) is 0 Å². The minimum atomic E-state index is -0.518. The summed E-state index contributed by atoms with van der Waals surface area (Å²) >= 11 is 1.66. The maximum absolute atomic E-state index is 11.7. The second-order valence-electron chi connectivity index (χ2n) is 4.58. The number of hydrogen-bond acceptors (Lipinski definition) is 5. The van der Waals surface area contributed by atoms with Crippen LogP contribution < -0.4 is 11.2 Å². The first-order valence-corrected chi connectivity index (χ1v) is 8.02.